The molecule has 1 atom stereocenters. The highest BCUT2D eigenvalue weighted by Gasteiger charge is 2.44. The molecule has 3 aromatic rings. The van der Waals surface area contributed by atoms with Crippen molar-refractivity contribution in [2.24, 2.45) is 0 Å². The van der Waals surface area contributed by atoms with Gasteiger partial charge in [-0.1, -0.05) is 6.07 Å². The molecule has 0 bridgehead atoms. The van der Waals surface area contributed by atoms with Crippen LogP contribution in [0.3, 0.4) is 0 Å². The summed E-state index contributed by atoms with van der Waals surface area (Å²) in [5.74, 6) is -0.514. The van der Waals surface area contributed by atoms with Gasteiger partial charge in [-0.15, -0.1) is 8.78 Å². The third-order valence-electron chi connectivity index (χ3n) is 5.50. The van der Waals surface area contributed by atoms with Crippen molar-refractivity contribution < 1.29 is 41.0 Å². The molecule has 0 fully saturated rings. The molecule has 0 spiro atoms. The van der Waals surface area contributed by atoms with Crippen molar-refractivity contribution in [2.75, 3.05) is 0 Å². The summed E-state index contributed by atoms with van der Waals surface area (Å²) in [6.45, 7) is 1.64. The molecular formula is C22H16F5N3O4. The van der Waals surface area contributed by atoms with E-state index in [0.29, 0.717) is 12.0 Å². The fourth-order valence-corrected chi connectivity index (χ4v) is 4.01. The highest BCUT2D eigenvalue weighted by Crippen LogP contribution is 2.42. The number of halogens is 5. The van der Waals surface area contributed by atoms with Gasteiger partial charge < -0.3 is 14.2 Å². The molecule has 2 aromatic heterocycles. The molecule has 1 aromatic carbocycles. The van der Waals surface area contributed by atoms with Crippen molar-refractivity contribution in [3.05, 3.63) is 59.2 Å². The molecule has 2 aliphatic rings. The van der Waals surface area contributed by atoms with E-state index in [2.05, 4.69) is 19.6 Å². The first-order valence-electron chi connectivity index (χ1n) is 10.3. The van der Waals surface area contributed by atoms with E-state index in [0.717, 1.165) is 4.68 Å². The average molecular weight is 481 g/mol. The molecule has 178 valence electrons. The van der Waals surface area contributed by atoms with Gasteiger partial charge in [0.15, 0.2) is 23.0 Å². The maximum absolute atomic E-state index is 13.5. The van der Waals surface area contributed by atoms with Crippen LogP contribution in [0.15, 0.2) is 36.7 Å². The molecule has 3 heterocycles. The van der Waals surface area contributed by atoms with E-state index >= 15 is 0 Å². The summed E-state index contributed by atoms with van der Waals surface area (Å²) >= 11 is 0. The van der Waals surface area contributed by atoms with Crippen molar-refractivity contribution in [1.29, 1.82) is 0 Å². The lowest BCUT2D eigenvalue weighted by Gasteiger charge is -2.17. The van der Waals surface area contributed by atoms with Crippen LogP contribution in [0.4, 0.5) is 22.0 Å². The summed E-state index contributed by atoms with van der Waals surface area (Å²) in [7, 11) is 0. The zero-order valence-electron chi connectivity index (χ0n) is 17.5. The topological polar surface area (TPSA) is 75.5 Å². The first-order valence-corrected chi connectivity index (χ1v) is 10.3. The van der Waals surface area contributed by atoms with E-state index in [1.54, 1.807) is 6.92 Å². The molecule has 7 nitrogen and oxygen atoms in total. The van der Waals surface area contributed by atoms with Crippen LogP contribution >= 0.6 is 0 Å². The van der Waals surface area contributed by atoms with E-state index in [1.165, 1.54) is 36.7 Å². The van der Waals surface area contributed by atoms with Gasteiger partial charge in [-0.25, -0.2) is 4.68 Å². The second-order valence-electron chi connectivity index (χ2n) is 7.87. The summed E-state index contributed by atoms with van der Waals surface area (Å²) in [6.07, 6.45) is -5.98. The van der Waals surface area contributed by atoms with Crippen molar-refractivity contribution in [2.45, 2.75) is 44.8 Å². The summed E-state index contributed by atoms with van der Waals surface area (Å²) in [6, 6.07) is 5.58. The lowest BCUT2D eigenvalue weighted by atomic mass is 9.94. The highest BCUT2D eigenvalue weighted by atomic mass is 19.4. The summed E-state index contributed by atoms with van der Waals surface area (Å²) in [5.41, 5.74) is -0.719. The van der Waals surface area contributed by atoms with E-state index in [9.17, 15) is 26.7 Å². The zero-order valence-corrected chi connectivity index (χ0v) is 17.5. The number of hydrogen-bond acceptors (Lipinski definition) is 6. The summed E-state index contributed by atoms with van der Waals surface area (Å²) in [4.78, 5) is 16.5. The number of ketones is 1. The van der Waals surface area contributed by atoms with Crippen molar-refractivity contribution in [1.82, 2.24) is 14.8 Å². The smallest absolute Gasteiger partial charge is 0.484 e. The Morgan fingerprint density at radius 2 is 1.88 bits per heavy atom. The minimum atomic E-state index is -4.71. The molecule has 5 rings (SSSR count). The minimum absolute atomic E-state index is 0.0970. The number of carbonyl (C=O) groups excluding carboxylic acids is 1. The van der Waals surface area contributed by atoms with Gasteiger partial charge in [-0.3, -0.25) is 9.78 Å². The molecule has 0 radical (unpaired) electrons. The molecule has 0 amide bonds. The van der Waals surface area contributed by atoms with Crippen LogP contribution in [0.5, 0.6) is 17.2 Å². The lowest BCUT2D eigenvalue weighted by Crippen LogP contribution is -2.25. The number of hydrogen-bond donors (Lipinski definition) is 0. The Morgan fingerprint density at radius 1 is 1.12 bits per heavy atom. The number of fused-ring (bicyclic) bond motifs is 2. The van der Waals surface area contributed by atoms with Gasteiger partial charge in [0, 0.05) is 18.1 Å². The maximum Gasteiger partial charge on any atom is 0.586 e. The van der Waals surface area contributed by atoms with Gasteiger partial charge in [-0.2, -0.15) is 18.3 Å². The molecule has 12 heteroatoms. The average Bonchev–Trinajstić information content (AvgIpc) is 3.30. The number of carbonyl (C=O) groups is 1. The van der Waals surface area contributed by atoms with Gasteiger partial charge >= 0.3 is 12.5 Å². The van der Waals surface area contributed by atoms with Gasteiger partial charge in [0.25, 0.3) is 0 Å². The third-order valence-corrected chi connectivity index (χ3v) is 5.50. The Bertz CT molecular complexity index is 1290. The Balaban J connectivity index is 1.44. The second-order valence-corrected chi connectivity index (χ2v) is 7.87. The molecule has 0 unspecified atom stereocenters. The van der Waals surface area contributed by atoms with Gasteiger partial charge in [0.05, 0.1) is 18.1 Å². The van der Waals surface area contributed by atoms with Crippen molar-refractivity contribution in [3.63, 3.8) is 0 Å². The largest absolute Gasteiger partial charge is 0.586 e. The van der Waals surface area contributed by atoms with Crippen LogP contribution in [-0.2, 0) is 12.6 Å². The number of Topliss-reactive ketones (excluding diaryl/α,β-unsaturated/α-hetero) is 1. The van der Waals surface area contributed by atoms with Gasteiger partial charge in [0.2, 0.25) is 0 Å². The molecule has 0 saturated heterocycles. The zero-order chi connectivity index (χ0) is 24.3. The van der Waals surface area contributed by atoms with E-state index < -0.39 is 30.1 Å². The van der Waals surface area contributed by atoms with Crippen LogP contribution in [-0.4, -0.2) is 26.8 Å². The standard InChI is InChI=1S/C22H16F5N3O4/c1-11(12-5-6-17-18(7-12)34-22(26,27)33-17)32-14-8-13(9-28-10-14)30-19-15(3-2-4-16(19)31)20(29-30)21(23,24)25/h5-11H,2-4H2,1H3/t11-/m0/s1. The summed E-state index contributed by atoms with van der Waals surface area (Å²) < 4.78 is 82.7. The predicted molar refractivity (Wildman–Crippen MR) is 105 cm³/mol. The first kappa shape index (κ1) is 22.1. The lowest BCUT2D eigenvalue weighted by molar-refractivity contribution is -0.286. The van der Waals surface area contributed by atoms with E-state index in [-0.39, 0.29) is 47.0 Å². The fourth-order valence-electron chi connectivity index (χ4n) is 4.01. The third kappa shape index (κ3) is 3.93. The molecule has 1 aliphatic carbocycles. The fraction of sp³-hybridized carbons (Fsp3) is 0.318. The Labute approximate surface area is 189 Å². The van der Waals surface area contributed by atoms with Crippen molar-refractivity contribution in [3.8, 4) is 22.9 Å². The van der Waals surface area contributed by atoms with Crippen LogP contribution in [0.2, 0.25) is 0 Å². The Kier molecular flexibility index (Phi) is 4.99. The second kappa shape index (κ2) is 7.67. The maximum atomic E-state index is 13.5. The van der Waals surface area contributed by atoms with Crippen LogP contribution < -0.4 is 14.2 Å². The normalized spacial score (nSPS) is 17.4. The molecule has 0 N–H and O–H groups in total. The van der Waals surface area contributed by atoms with Crippen LogP contribution in [0.1, 0.15) is 53.2 Å². The number of rotatable bonds is 4. The SMILES string of the molecule is C[C@H](Oc1cncc(-n2nc(C(F)(F)F)c3c2C(=O)CCC3)c1)c1ccc2c(c1)OC(F)(F)O2. The highest BCUT2D eigenvalue weighted by molar-refractivity contribution is 5.97. The molecular weight excluding hydrogens is 465 g/mol. The van der Waals surface area contributed by atoms with Crippen molar-refractivity contribution >= 4 is 5.78 Å². The number of alkyl halides is 5. The summed E-state index contributed by atoms with van der Waals surface area (Å²) in [5, 5.41) is 3.69. The number of pyridine rings is 1. The molecule has 34 heavy (non-hydrogen) atoms. The van der Waals surface area contributed by atoms with Crippen LogP contribution in [0.25, 0.3) is 5.69 Å². The predicted octanol–water partition coefficient (Wildman–Crippen LogP) is 5.27. The number of ether oxygens (including phenoxy) is 3. The van der Waals surface area contributed by atoms with Crippen LogP contribution in [0, 0.1) is 0 Å². The first-order chi connectivity index (χ1) is 16.0. The molecule has 0 saturated carbocycles. The monoisotopic (exact) mass is 481 g/mol. The van der Waals surface area contributed by atoms with E-state index in [1.807, 2.05) is 0 Å². The Morgan fingerprint density at radius 3 is 2.65 bits per heavy atom. The van der Waals surface area contributed by atoms with E-state index in [4.69, 9.17) is 4.74 Å². The Hall–Kier alpha value is -3.70. The number of nitrogens with zero attached hydrogens (tertiary/aromatic N) is 3. The number of benzene rings is 1. The number of aromatic nitrogens is 3. The van der Waals surface area contributed by atoms with Gasteiger partial charge in [0.1, 0.15) is 17.5 Å². The van der Waals surface area contributed by atoms with Gasteiger partial charge in [-0.05, 0) is 37.5 Å². The molecule has 1 aliphatic heterocycles. The quantitative estimate of drug-likeness (QED) is 0.473. The minimum Gasteiger partial charge on any atom is -0.484 e.